The van der Waals surface area contributed by atoms with Gasteiger partial charge in [-0.05, 0) is 24.6 Å². The molecule has 0 unspecified atom stereocenters. The van der Waals surface area contributed by atoms with Gasteiger partial charge in [0.1, 0.15) is 17.7 Å². The highest BCUT2D eigenvalue weighted by molar-refractivity contribution is 7.99. The van der Waals surface area contributed by atoms with Gasteiger partial charge < -0.3 is 0 Å². The molecule has 1 aromatic rings. The van der Waals surface area contributed by atoms with Crippen molar-refractivity contribution in [2.75, 3.05) is 5.75 Å². The molecule has 0 aliphatic carbocycles. The lowest BCUT2D eigenvalue weighted by Crippen LogP contribution is -1.87. The maximum absolute atomic E-state index is 8.65. The number of hydrogen-bond donors (Lipinski definition) is 0. The van der Waals surface area contributed by atoms with E-state index in [0.717, 1.165) is 10.5 Å². The van der Waals surface area contributed by atoms with Gasteiger partial charge in [-0.15, -0.1) is 11.8 Å². The number of hydrogen-bond acceptors (Lipinski definition) is 3. The Hall–Kier alpha value is -1.71. The predicted octanol–water partition coefficient (Wildman–Crippen LogP) is 3.14. The molecule has 2 nitrogen and oxygen atoms in total. The van der Waals surface area contributed by atoms with Crippen LogP contribution < -0.4 is 0 Å². The molecule has 0 aromatic heterocycles. The number of allylic oxidation sites excluding steroid dienone is 1. The summed E-state index contributed by atoms with van der Waals surface area (Å²) in [5.41, 5.74) is 1.05. The molecule has 0 aliphatic rings. The molecule has 0 heterocycles. The van der Waals surface area contributed by atoms with Gasteiger partial charge in [-0.1, -0.05) is 18.2 Å². The lowest BCUT2D eigenvalue weighted by molar-refractivity contribution is 1.33. The third-order valence-corrected chi connectivity index (χ3v) is 3.03. The van der Waals surface area contributed by atoms with E-state index in [1.807, 2.05) is 49.4 Å². The molecule has 0 aliphatic heterocycles. The highest BCUT2D eigenvalue weighted by Crippen LogP contribution is 2.20. The number of benzene rings is 1. The van der Waals surface area contributed by atoms with E-state index >= 15 is 0 Å². The lowest BCUT2D eigenvalue weighted by Gasteiger charge is -2.01. The van der Waals surface area contributed by atoms with Gasteiger partial charge in [0.2, 0.25) is 0 Å². The van der Waals surface area contributed by atoms with Gasteiger partial charge in [-0.2, -0.15) is 10.5 Å². The summed E-state index contributed by atoms with van der Waals surface area (Å²) in [6.07, 6.45) is 0. The highest BCUT2D eigenvalue weighted by atomic mass is 32.2. The van der Waals surface area contributed by atoms with E-state index in [0.29, 0.717) is 5.75 Å². The summed E-state index contributed by atoms with van der Waals surface area (Å²) in [4.78, 5) is 1.15. The molecule has 0 bridgehead atoms. The van der Waals surface area contributed by atoms with Crippen LogP contribution >= 0.6 is 11.8 Å². The van der Waals surface area contributed by atoms with Crippen molar-refractivity contribution in [2.45, 2.75) is 11.8 Å². The molecular formula is C12H10N2S. The molecule has 1 rings (SSSR count). The molecule has 3 heteroatoms. The van der Waals surface area contributed by atoms with E-state index in [1.165, 1.54) is 0 Å². The molecule has 1 aromatic carbocycles. The van der Waals surface area contributed by atoms with E-state index < -0.39 is 0 Å². The van der Waals surface area contributed by atoms with Gasteiger partial charge in [0, 0.05) is 10.6 Å². The molecule has 0 saturated carbocycles. The van der Waals surface area contributed by atoms with Gasteiger partial charge in [0.05, 0.1) is 0 Å². The minimum Gasteiger partial charge on any atom is -0.192 e. The second kappa shape index (κ2) is 5.90. The van der Waals surface area contributed by atoms with Crippen molar-refractivity contribution in [3.63, 3.8) is 0 Å². The summed E-state index contributed by atoms with van der Waals surface area (Å²) >= 11 is 1.63. The number of nitriles is 2. The zero-order chi connectivity index (χ0) is 11.1. The van der Waals surface area contributed by atoms with Gasteiger partial charge in [0.25, 0.3) is 0 Å². The van der Waals surface area contributed by atoms with Crippen LogP contribution in [0.4, 0.5) is 0 Å². The van der Waals surface area contributed by atoms with E-state index in [1.54, 1.807) is 11.8 Å². The third kappa shape index (κ3) is 3.50. The highest BCUT2D eigenvalue weighted by Gasteiger charge is 2.01. The van der Waals surface area contributed by atoms with Crippen molar-refractivity contribution in [1.29, 1.82) is 10.5 Å². The molecular weight excluding hydrogens is 204 g/mol. The van der Waals surface area contributed by atoms with E-state index in [4.69, 9.17) is 10.5 Å². The van der Waals surface area contributed by atoms with Crippen LogP contribution in [0.25, 0.3) is 0 Å². The van der Waals surface area contributed by atoms with E-state index in [9.17, 15) is 0 Å². The van der Waals surface area contributed by atoms with Crippen LogP contribution in [0.3, 0.4) is 0 Å². The molecule has 0 amide bonds. The van der Waals surface area contributed by atoms with Crippen molar-refractivity contribution >= 4 is 11.8 Å². The largest absolute Gasteiger partial charge is 0.192 e. The smallest absolute Gasteiger partial charge is 0.129 e. The Balaban J connectivity index is 2.64. The summed E-state index contributed by atoms with van der Waals surface area (Å²) in [7, 11) is 0. The van der Waals surface area contributed by atoms with Crippen LogP contribution in [0.1, 0.15) is 6.92 Å². The van der Waals surface area contributed by atoms with Crippen LogP contribution in [0.5, 0.6) is 0 Å². The van der Waals surface area contributed by atoms with Gasteiger partial charge >= 0.3 is 0 Å². The minimum absolute atomic E-state index is 0.221. The Morgan fingerprint density at radius 1 is 1.20 bits per heavy atom. The maximum Gasteiger partial charge on any atom is 0.129 e. The molecule has 0 spiro atoms. The third-order valence-electron chi connectivity index (χ3n) is 1.85. The zero-order valence-corrected chi connectivity index (χ0v) is 9.21. The Morgan fingerprint density at radius 3 is 2.33 bits per heavy atom. The van der Waals surface area contributed by atoms with Crippen LogP contribution in [0.15, 0.2) is 46.4 Å². The van der Waals surface area contributed by atoms with Crippen LogP contribution in [0.2, 0.25) is 0 Å². The normalized spacial score (nSPS) is 8.73. The Morgan fingerprint density at radius 2 is 1.80 bits per heavy atom. The molecule has 15 heavy (non-hydrogen) atoms. The van der Waals surface area contributed by atoms with Crippen molar-refractivity contribution < 1.29 is 0 Å². The fourth-order valence-electron chi connectivity index (χ4n) is 0.996. The first-order chi connectivity index (χ1) is 7.27. The maximum atomic E-state index is 8.65. The number of thioether (sulfide) groups is 1. The summed E-state index contributed by atoms with van der Waals surface area (Å²) in [6.45, 7) is 1.82. The van der Waals surface area contributed by atoms with Crippen molar-refractivity contribution in [3.8, 4) is 12.1 Å². The first-order valence-corrected chi connectivity index (χ1v) is 5.44. The predicted molar refractivity (Wildman–Crippen MR) is 61.1 cm³/mol. The van der Waals surface area contributed by atoms with Gasteiger partial charge in [-0.25, -0.2) is 0 Å². The van der Waals surface area contributed by atoms with E-state index in [-0.39, 0.29) is 5.57 Å². The van der Waals surface area contributed by atoms with Crippen LogP contribution in [0, 0.1) is 22.7 Å². The summed E-state index contributed by atoms with van der Waals surface area (Å²) < 4.78 is 0. The molecule has 0 radical (unpaired) electrons. The minimum atomic E-state index is 0.221. The zero-order valence-electron chi connectivity index (χ0n) is 8.40. The van der Waals surface area contributed by atoms with Crippen molar-refractivity contribution in [1.82, 2.24) is 0 Å². The molecule has 0 atom stereocenters. The molecule has 0 N–H and O–H groups in total. The second-order valence-electron chi connectivity index (χ2n) is 2.98. The number of nitrogens with zero attached hydrogens (tertiary/aromatic N) is 2. The quantitative estimate of drug-likeness (QED) is 0.573. The second-order valence-corrected chi connectivity index (χ2v) is 4.03. The fourth-order valence-corrected chi connectivity index (χ4v) is 1.87. The SMILES string of the molecule is CC(CSc1ccccc1)=C(C#N)C#N. The topological polar surface area (TPSA) is 47.6 Å². The summed E-state index contributed by atoms with van der Waals surface area (Å²) in [5.74, 6) is 0.681. The fraction of sp³-hybridized carbons (Fsp3) is 0.167. The summed E-state index contributed by atoms with van der Waals surface area (Å²) in [5, 5.41) is 17.3. The average molecular weight is 214 g/mol. The Kier molecular flexibility index (Phi) is 4.47. The monoisotopic (exact) mass is 214 g/mol. The first-order valence-electron chi connectivity index (χ1n) is 4.45. The lowest BCUT2D eigenvalue weighted by atomic mass is 10.2. The van der Waals surface area contributed by atoms with Crippen molar-refractivity contribution in [3.05, 3.63) is 41.5 Å². The van der Waals surface area contributed by atoms with Gasteiger partial charge in [-0.3, -0.25) is 0 Å². The average Bonchev–Trinajstić information content (AvgIpc) is 2.29. The Labute approximate surface area is 93.8 Å². The standard InChI is InChI=1S/C12H10N2S/c1-10(11(7-13)8-14)9-15-12-5-3-2-4-6-12/h2-6H,9H2,1H3. The van der Waals surface area contributed by atoms with Crippen molar-refractivity contribution in [2.24, 2.45) is 0 Å². The molecule has 0 fully saturated rings. The molecule has 74 valence electrons. The summed E-state index contributed by atoms with van der Waals surface area (Å²) in [6, 6.07) is 13.7. The van der Waals surface area contributed by atoms with Crippen LogP contribution in [-0.4, -0.2) is 5.75 Å². The Bertz CT molecular complexity index is 419. The molecule has 0 saturated heterocycles. The van der Waals surface area contributed by atoms with Gasteiger partial charge in [0.15, 0.2) is 0 Å². The van der Waals surface area contributed by atoms with E-state index in [2.05, 4.69) is 0 Å². The number of rotatable bonds is 3. The first kappa shape index (κ1) is 11.4. The van der Waals surface area contributed by atoms with Crippen LogP contribution in [-0.2, 0) is 0 Å².